The van der Waals surface area contributed by atoms with Crippen LogP contribution in [0.1, 0.15) is 18.7 Å². The number of hydrogen-bond donors (Lipinski definition) is 0. The molecule has 0 amide bonds. The smallest absolute Gasteiger partial charge is 0.167 e. The molecule has 0 aliphatic carbocycles. The van der Waals surface area contributed by atoms with Crippen molar-refractivity contribution in [1.82, 2.24) is 9.55 Å². The first-order valence-electron chi connectivity index (χ1n) is 6.48. The molecule has 1 aromatic carbocycles. The molecule has 1 aromatic heterocycles. The summed E-state index contributed by atoms with van der Waals surface area (Å²) < 4.78 is 25.8. The van der Waals surface area contributed by atoms with Crippen molar-refractivity contribution in [3.63, 3.8) is 0 Å². The minimum atomic E-state index is -0.412. The fraction of sp³-hybridized carbons (Fsp3) is 0.500. The summed E-state index contributed by atoms with van der Waals surface area (Å²) in [5.74, 6) is 0.844. The van der Waals surface area contributed by atoms with E-state index in [1.54, 1.807) is 13.2 Å². The third-order valence-electron chi connectivity index (χ3n) is 3.20. The van der Waals surface area contributed by atoms with Crippen LogP contribution in [0.2, 0.25) is 0 Å². The van der Waals surface area contributed by atoms with Crippen molar-refractivity contribution in [3.05, 3.63) is 23.8 Å². The van der Waals surface area contributed by atoms with Gasteiger partial charge in [0.25, 0.3) is 0 Å². The molecule has 1 heterocycles. The summed E-state index contributed by atoms with van der Waals surface area (Å²) in [6.07, 6.45) is 1.90. The van der Waals surface area contributed by atoms with Gasteiger partial charge in [0, 0.05) is 32.4 Å². The van der Waals surface area contributed by atoms with E-state index in [2.05, 4.69) is 4.98 Å². The normalized spacial score (nSPS) is 11.2. The Balaban J connectivity index is 2.34. The van der Waals surface area contributed by atoms with Crippen molar-refractivity contribution in [2.45, 2.75) is 25.3 Å². The first kappa shape index (κ1) is 15.1. The van der Waals surface area contributed by atoms with Gasteiger partial charge in [0.15, 0.2) is 11.6 Å². The maximum absolute atomic E-state index is 13.7. The van der Waals surface area contributed by atoms with Gasteiger partial charge in [0.1, 0.15) is 5.82 Å². The van der Waals surface area contributed by atoms with Crippen LogP contribution in [0.3, 0.4) is 0 Å². The third-order valence-corrected chi connectivity index (χ3v) is 3.44. The van der Waals surface area contributed by atoms with E-state index in [1.165, 1.54) is 13.2 Å². The van der Waals surface area contributed by atoms with Gasteiger partial charge in [-0.25, -0.2) is 9.37 Å². The lowest BCUT2D eigenvalue weighted by Crippen LogP contribution is -2.04. The maximum atomic E-state index is 13.7. The summed E-state index contributed by atoms with van der Waals surface area (Å²) in [5.41, 5.74) is 1.45. The molecule has 0 unspecified atom stereocenters. The second-order valence-electron chi connectivity index (χ2n) is 4.49. The Morgan fingerprint density at radius 3 is 2.75 bits per heavy atom. The van der Waals surface area contributed by atoms with Crippen molar-refractivity contribution in [2.75, 3.05) is 20.8 Å². The number of methoxy groups -OCH3 is 2. The van der Waals surface area contributed by atoms with Crippen LogP contribution in [-0.4, -0.2) is 30.4 Å². The van der Waals surface area contributed by atoms with Gasteiger partial charge < -0.3 is 14.0 Å². The van der Waals surface area contributed by atoms with Gasteiger partial charge in [0.2, 0.25) is 0 Å². The van der Waals surface area contributed by atoms with Crippen LogP contribution in [0, 0.1) is 5.82 Å². The van der Waals surface area contributed by atoms with E-state index in [1.807, 2.05) is 4.57 Å². The number of fused-ring (bicyclic) bond motifs is 1. The zero-order valence-electron chi connectivity index (χ0n) is 11.7. The van der Waals surface area contributed by atoms with Crippen LogP contribution in [0.15, 0.2) is 12.1 Å². The first-order valence-corrected chi connectivity index (χ1v) is 7.02. The molecule has 0 radical (unpaired) electrons. The zero-order valence-corrected chi connectivity index (χ0v) is 12.4. The molecule has 0 aliphatic rings. The third kappa shape index (κ3) is 3.04. The number of imidazole rings is 1. The van der Waals surface area contributed by atoms with Gasteiger partial charge in [-0.05, 0) is 12.8 Å². The van der Waals surface area contributed by atoms with Gasteiger partial charge in [0.05, 0.1) is 24.0 Å². The first-order chi connectivity index (χ1) is 9.71. The van der Waals surface area contributed by atoms with Crippen LogP contribution >= 0.6 is 11.6 Å². The number of aromatic nitrogens is 2. The Morgan fingerprint density at radius 1 is 1.30 bits per heavy atom. The van der Waals surface area contributed by atoms with Gasteiger partial charge in [-0.2, -0.15) is 0 Å². The molecule has 110 valence electrons. The number of nitrogens with zero attached hydrogens (tertiary/aromatic N) is 2. The lowest BCUT2D eigenvalue weighted by atomic mass is 10.2. The molecule has 6 heteroatoms. The van der Waals surface area contributed by atoms with Crippen molar-refractivity contribution in [1.29, 1.82) is 0 Å². The SMILES string of the molecule is COCCCCn1c(CCl)nc2cc(F)c(OC)cc21. The van der Waals surface area contributed by atoms with E-state index in [9.17, 15) is 4.39 Å². The average molecular weight is 301 g/mol. The van der Waals surface area contributed by atoms with Crippen LogP contribution in [0.25, 0.3) is 11.0 Å². The van der Waals surface area contributed by atoms with Crippen LogP contribution in [0.4, 0.5) is 4.39 Å². The Bertz CT molecular complexity index is 586. The molecule has 4 nitrogen and oxygen atoms in total. The molecule has 0 aliphatic heterocycles. The summed E-state index contributed by atoms with van der Waals surface area (Å²) >= 11 is 5.92. The highest BCUT2D eigenvalue weighted by atomic mass is 35.5. The molecule has 20 heavy (non-hydrogen) atoms. The van der Waals surface area contributed by atoms with Crippen LogP contribution in [-0.2, 0) is 17.2 Å². The highest BCUT2D eigenvalue weighted by Gasteiger charge is 2.13. The molecule has 0 saturated heterocycles. The Hall–Kier alpha value is -1.33. The van der Waals surface area contributed by atoms with Crippen molar-refractivity contribution in [2.24, 2.45) is 0 Å². The lowest BCUT2D eigenvalue weighted by Gasteiger charge is -2.08. The van der Waals surface area contributed by atoms with E-state index >= 15 is 0 Å². The lowest BCUT2D eigenvalue weighted by molar-refractivity contribution is 0.191. The molecule has 2 aromatic rings. The molecular formula is C14H18ClFN2O2. The zero-order chi connectivity index (χ0) is 14.5. The van der Waals surface area contributed by atoms with Gasteiger partial charge in [-0.1, -0.05) is 0 Å². The fourth-order valence-corrected chi connectivity index (χ4v) is 2.40. The number of benzene rings is 1. The Morgan fingerprint density at radius 2 is 2.10 bits per heavy atom. The quantitative estimate of drug-likeness (QED) is 0.581. The Kier molecular flexibility index (Phi) is 5.20. The molecule has 0 spiro atoms. The highest BCUT2D eigenvalue weighted by Crippen LogP contribution is 2.26. The number of aryl methyl sites for hydroxylation is 1. The molecular weight excluding hydrogens is 283 g/mol. The van der Waals surface area contributed by atoms with Gasteiger partial charge in [-0.15, -0.1) is 11.6 Å². The number of unbranched alkanes of at least 4 members (excludes halogenated alkanes) is 1. The summed E-state index contributed by atoms with van der Waals surface area (Å²) in [6.45, 7) is 1.50. The molecule has 2 rings (SSSR count). The van der Waals surface area contributed by atoms with Crippen molar-refractivity contribution >= 4 is 22.6 Å². The fourth-order valence-electron chi connectivity index (χ4n) is 2.20. The largest absolute Gasteiger partial charge is 0.494 e. The molecule has 0 saturated carbocycles. The van der Waals surface area contributed by atoms with E-state index in [-0.39, 0.29) is 5.75 Å². The Labute approximate surface area is 122 Å². The number of ether oxygens (including phenoxy) is 2. The van der Waals surface area contributed by atoms with E-state index in [0.29, 0.717) is 11.4 Å². The summed E-state index contributed by atoms with van der Waals surface area (Å²) in [6, 6.07) is 3.06. The minimum Gasteiger partial charge on any atom is -0.494 e. The van der Waals surface area contributed by atoms with Gasteiger partial charge in [-0.3, -0.25) is 0 Å². The highest BCUT2D eigenvalue weighted by molar-refractivity contribution is 6.16. The molecule has 0 N–H and O–H groups in total. The monoisotopic (exact) mass is 300 g/mol. The topological polar surface area (TPSA) is 36.3 Å². The average Bonchev–Trinajstić information content (AvgIpc) is 2.79. The summed E-state index contributed by atoms with van der Waals surface area (Å²) in [5, 5.41) is 0. The second kappa shape index (κ2) is 6.90. The second-order valence-corrected chi connectivity index (χ2v) is 4.76. The molecule has 0 fully saturated rings. The number of alkyl halides is 1. The predicted octanol–water partition coefficient (Wildman–Crippen LogP) is 3.35. The van der Waals surface area contributed by atoms with E-state index in [4.69, 9.17) is 21.1 Å². The van der Waals surface area contributed by atoms with Crippen LogP contribution < -0.4 is 4.74 Å². The molecule has 0 bridgehead atoms. The van der Waals surface area contributed by atoms with Crippen molar-refractivity contribution < 1.29 is 13.9 Å². The number of rotatable bonds is 7. The molecule has 0 atom stereocenters. The van der Waals surface area contributed by atoms with E-state index < -0.39 is 5.82 Å². The van der Waals surface area contributed by atoms with Gasteiger partial charge >= 0.3 is 0 Å². The summed E-state index contributed by atoms with van der Waals surface area (Å²) in [7, 11) is 3.14. The van der Waals surface area contributed by atoms with Crippen LogP contribution in [0.5, 0.6) is 5.75 Å². The van der Waals surface area contributed by atoms with E-state index in [0.717, 1.165) is 37.3 Å². The number of halogens is 2. The minimum absolute atomic E-state index is 0.219. The summed E-state index contributed by atoms with van der Waals surface area (Å²) in [4.78, 5) is 4.37. The number of hydrogen-bond acceptors (Lipinski definition) is 3. The maximum Gasteiger partial charge on any atom is 0.167 e. The van der Waals surface area contributed by atoms with Crippen molar-refractivity contribution in [3.8, 4) is 5.75 Å². The predicted molar refractivity (Wildman–Crippen MR) is 76.9 cm³/mol. The standard InChI is InChI=1S/C14H18ClFN2O2/c1-19-6-4-3-5-18-12-8-13(20-2)10(16)7-11(12)17-14(18)9-15/h7-8H,3-6,9H2,1-2H3.